The van der Waals surface area contributed by atoms with E-state index in [9.17, 15) is 26.7 Å². The van der Waals surface area contributed by atoms with Crippen LogP contribution in [0.1, 0.15) is 44.2 Å². The van der Waals surface area contributed by atoms with Crippen LogP contribution in [-0.4, -0.2) is 85.9 Å². The number of anilines is 1. The maximum atomic E-state index is 13.8. The number of alkyl halides is 5. The molecule has 37 heavy (non-hydrogen) atoms. The maximum absolute atomic E-state index is 13.8. The zero-order valence-electron chi connectivity index (χ0n) is 20.7. The summed E-state index contributed by atoms with van der Waals surface area (Å²) in [6.07, 6.45) is -3.91. The van der Waals surface area contributed by atoms with Crippen molar-refractivity contribution in [2.45, 2.75) is 81.4 Å². The van der Waals surface area contributed by atoms with Gasteiger partial charge in [-0.25, -0.2) is 8.78 Å². The first-order valence-electron chi connectivity index (χ1n) is 12.9. The predicted molar refractivity (Wildman–Crippen MR) is 124 cm³/mol. The minimum Gasteiger partial charge on any atom is -0.379 e. The fraction of sp³-hybridized carbons (Fsp3) is 0.760. The Morgan fingerprint density at radius 3 is 2.78 bits per heavy atom. The topological polar surface area (TPSA) is 66.9 Å². The number of amides is 1. The van der Waals surface area contributed by atoms with Gasteiger partial charge in [0, 0.05) is 63.2 Å². The van der Waals surface area contributed by atoms with Gasteiger partial charge in [-0.15, -0.1) is 0 Å². The van der Waals surface area contributed by atoms with Gasteiger partial charge in [0.15, 0.2) is 0 Å². The molecule has 4 heterocycles. The van der Waals surface area contributed by atoms with E-state index in [-0.39, 0.29) is 36.2 Å². The van der Waals surface area contributed by atoms with Crippen LogP contribution in [0, 0.1) is 5.41 Å². The molecule has 5 rings (SSSR count). The number of nitrogens with one attached hydrogen (secondary N) is 1. The van der Waals surface area contributed by atoms with Crippen LogP contribution in [0.3, 0.4) is 0 Å². The Morgan fingerprint density at radius 2 is 2.11 bits per heavy atom. The highest BCUT2D eigenvalue weighted by Gasteiger charge is 2.54. The van der Waals surface area contributed by atoms with Crippen LogP contribution in [0.5, 0.6) is 0 Å². The van der Waals surface area contributed by atoms with Crippen LogP contribution >= 0.6 is 0 Å². The molecule has 1 aromatic rings. The van der Waals surface area contributed by atoms with Crippen LogP contribution in [0.15, 0.2) is 18.3 Å². The summed E-state index contributed by atoms with van der Waals surface area (Å²) in [5, 5.41) is 3.55. The third-order valence-electron chi connectivity index (χ3n) is 8.53. The molecule has 12 heteroatoms. The second kappa shape index (κ2) is 10.3. The molecule has 7 nitrogen and oxygen atoms in total. The van der Waals surface area contributed by atoms with Gasteiger partial charge in [-0.1, -0.05) is 0 Å². The van der Waals surface area contributed by atoms with Gasteiger partial charge in [-0.2, -0.15) is 13.2 Å². The molecule has 3 aliphatic heterocycles. The fourth-order valence-corrected chi connectivity index (χ4v) is 6.76. The molecular formula is C25H33F5N4O3. The van der Waals surface area contributed by atoms with Crippen molar-refractivity contribution >= 4 is 11.6 Å². The van der Waals surface area contributed by atoms with Gasteiger partial charge in [0.2, 0.25) is 12.3 Å². The lowest BCUT2D eigenvalue weighted by molar-refractivity contribution is -0.146. The van der Waals surface area contributed by atoms with E-state index in [0.29, 0.717) is 57.7 Å². The Kier molecular flexibility index (Phi) is 7.36. The molecule has 0 spiro atoms. The van der Waals surface area contributed by atoms with Gasteiger partial charge in [-0.3, -0.25) is 9.78 Å². The number of likely N-dealkylation sites (tertiary alicyclic amines) is 1. The highest BCUT2D eigenvalue weighted by atomic mass is 19.4. The van der Waals surface area contributed by atoms with E-state index in [4.69, 9.17) is 9.47 Å². The van der Waals surface area contributed by atoms with Gasteiger partial charge in [0.25, 0.3) is 0 Å². The van der Waals surface area contributed by atoms with Crippen LogP contribution < -0.4 is 10.2 Å². The van der Waals surface area contributed by atoms with Crippen molar-refractivity contribution in [3.63, 3.8) is 0 Å². The summed E-state index contributed by atoms with van der Waals surface area (Å²) >= 11 is 0. The van der Waals surface area contributed by atoms with Crippen molar-refractivity contribution in [3.05, 3.63) is 24.0 Å². The van der Waals surface area contributed by atoms with Crippen LogP contribution in [0.25, 0.3) is 0 Å². The first-order chi connectivity index (χ1) is 17.6. The van der Waals surface area contributed by atoms with E-state index in [1.54, 1.807) is 12.0 Å². The summed E-state index contributed by atoms with van der Waals surface area (Å²) in [6.45, 7) is 1.77. The smallest absolute Gasteiger partial charge is 0.379 e. The molecule has 4 fully saturated rings. The van der Waals surface area contributed by atoms with E-state index in [1.807, 2.05) is 4.90 Å². The van der Waals surface area contributed by atoms with Crippen LogP contribution in [-0.2, 0) is 20.4 Å². The lowest BCUT2D eigenvalue weighted by Gasteiger charge is -2.40. The molecule has 206 valence electrons. The van der Waals surface area contributed by atoms with E-state index < -0.39 is 30.1 Å². The zero-order chi connectivity index (χ0) is 26.4. The Morgan fingerprint density at radius 1 is 1.30 bits per heavy atom. The number of ether oxygens (including phenoxy) is 2. The first-order valence-corrected chi connectivity index (χ1v) is 12.9. The number of piperazine rings is 1. The second-order valence-electron chi connectivity index (χ2n) is 10.8. The zero-order valence-corrected chi connectivity index (χ0v) is 20.7. The monoisotopic (exact) mass is 532 g/mol. The standard InChI is InChI=1S/C25H33F5N4O3/c1-36-20-14-37-7-4-19(20)32-15-2-5-24(10-15,11-22(26)27)23(35)34-13-17-8-18(34)12-33(17)16-3-6-31-21(9-16)25(28,29)30/h3,6,9,15,17-20,22,32H,2,4-5,7-8,10-14H2,1H3/t15-,17+,18+,19+,20-,24+/m1/s1. The predicted octanol–water partition coefficient (Wildman–Crippen LogP) is 3.48. The summed E-state index contributed by atoms with van der Waals surface area (Å²) < 4.78 is 77.9. The Bertz CT molecular complexity index is 982. The van der Waals surface area contributed by atoms with E-state index in [2.05, 4.69) is 10.3 Å². The number of carbonyl (C=O) groups is 1. The number of halogens is 5. The first kappa shape index (κ1) is 26.6. The minimum atomic E-state index is -4.54. The van der Waals surface area contributed by atoms with Crippen LogP contribution in [0.4, 0.5) is 27.6 Å². The van der Waals surface area contributed by atoms with Crippen molar-refractivity contribution < 1.29 is 36.2 Å². The van der Waals surface area contributed by atoms with Gasteiger partial charge >= 0.3 is 6.18 Å². The molecule has 1 N–H and O–H groups in total. The van der Waals surface area contributed by atoms with E-state index in [1.165, 1.54) is 6.07 Å². The lowest BCUT2D eigenvalue weighted by Crippen LogP contribution is -2.54. The van der Waals surface area contributed by atoms with Gasteiger partial charge in [0.05, 0.1) is 24.2 Å². The molecule has 3 saturated heterocycles. The Balaban J connectivity index is 1.27. The van der Waals surface area contributed by atoms with Gasteiger partial charge < -0.3 is 24.6 Å². The summed E-state index contributed by atoms with van der Waals surface area (Å²) in [5.41, 5.74) is -1.69. The number of hydrogen-bond donors (Lipinski definition) is 1. The third-order valence-corrected chi connectivity index (χ3v) is 8.53. The summed E-state index contributed by atoms with van der Waals surface area (Å²) in [6, 6.07) is 2.17. The molecule has 1 amide bonds. The number of nitrogens with zero attached hydrogens (tertiary/aromatic N) is 3. The van der Waals surface area contributed by atoms with Crippen LogP contribution in [0.2, 0.25) is 0 Å². The normalized spacial score (nSPS) is 34.1. The van der Waals surface area contributed by atoms with E-state index >= 15 is 0 Å². The number of fused-ring (bicyclic) bond motifs is 2. The molecule has 0 radical (unpaired) electrons. The third kappa shape index (κ3) is 5.29. The van der Waals surface area contributed by atoms with Crippen molar-refractivity contribution in [2.75, 3.05) is 38.3 Å². The van der Waals surface area contributed by atoms with Gasteiger partial charge in [0.1, 0.15) is 5.69 Å². The number of aromatic nitrogens is 1. The Labute approximate surface area is 212 Å². The Hall–Kier alpha value is -2.05. The van der Waals surface area contributed by atoms with E-state index in [0.717, 1.165) is 18.7 Å². The molecule has 0 aromatic carbocycles. The average molecular weight is 533 g/mol. The number of carbonyl (C=O) groups excluding carboxylic acids is 1. The SMILES string of the molecule is CO[C@@H]1COCC[C@@H]1N[C@@H]1CC[C@](CC(F)F)(C(=O)N2C[C@@H]3C[C@H]2CN3c2ccnc(C(F)(F)F)c2)C1. The summed E-state index contributed by atoms with van der Waals surface area (Å²) in [4.78, 5) is 20.8. The molecule has 2 bridgehead atoms. The van der Waals surface area contributed by atoms with Crippen molar-refractivity contribution in [1.29, 1.82) is 0 Å². The average Bonchev–Trinajstić information content (AvgIpc) is 3.58. The summed E-state index contributed by atoms with van der Waals surface area (Å²) in [5.74, 6) is -0.245. The quantitative estimate of drug-likeness (QED) is 0.543. The fourth-order valence-electron chi connectivity index (χ4n) is 6.76. The molecule has 1 aromatic heterocycles. The number of methoxy groups -OCH3 is 1. The molecule has 6 atom stereocenters. The summed E-state index contributed by atoms with van der Waals surface area (Å²) in [7, 11) is 1.62. The number of hydrogen-bond acceptors (Lipinski definition) is 6. The maximum Gasteiger partial charge on any atom is 0.433 e. The van der Waals surface area contributed by atoms with Crippen molar-refractivity contribution in [3.8, 4) is 0 Å². The highest BCUT2D eigenvalue weighted by molar-refractivity contribution is 5.84. The largest absolute Gasteiger partial charge is 0.433 e. The molecule has 1 aliphatic carbocycles. The van der Waals surface area contributed by atoms with Crippen molar-refractivity contribution in [2.24, 2.45) is 5.41 Å². The molecule has 0 unspecified atom stereocenters. The second-order valence-corrected chi connectivity index (χ2v) is 10.8. The lowest BCUT2D eigenvalue weighted by atomic mass is 9.80. The number of pyridine rings is 1. The molecule has 4 aliphatic rings. The van der Waals surface area contributed by atoms with Crippen molar-refractivity contribution in [1.82, 2.24) is 15.2 Å². The molecule has 1 saturated carbocycles. The van der Waals surface area contributed by atoms with Gasteiger partial charge in [-0.05, 0) is 44.2 Å². The number of rotatable bonds is 7. The molecular weight excluding hydrogens is 499 g/mol. The highest BCUT2D eigenvalue weighted by Crippen LogP contribution is 2.47. The minimum absolute atomic E-state index is 0.0412.